The topological polar surface area (TPSA) is 121 Å². The number of nitrogens with zero attached hydrogens (tertiary/aromatic N) is 6. The van der Waals surface area contributed by atoms with Crippen molar-refractivity contribution in [3.05, 3.63) is 70.3 Å². The van der Waals surface area contributed by atoms with Crippen molar-refractivity contribution in [2.75, 3.05) is 28.7 Å². The molecule has 158 valence electrons. The van der Waals surface area contributed by atoms with Gasteiger partial charge < -0.3 is 10.2 Å². The first-order valence-electron chi connectivity index (χ1n) is 10.0. The summed E-state index contributed by atoms with van der Waals surface area (Å²) in [5.74, 6) is 1.21. The van der Waals surface area contributed by atoms with Crippen molar-refractivity contribution in [2.24, 2.45) is 5.10 Å². The summed E-state index contributed by atoms with van der Waals surface area (Å²) in [6.45, 7) is 1.77. The Kier molecular flexibility index (Phi) is 6.26. The van der Waals surface area contributed by atoms with Gasteiger partial charge in [-0.05, 0) is 37.0 Å². The number of anilines is 4. The molecule has 1 saturated heterocycles. The van der Waals surface area contributed by atoms with Crippen LogP contribution >= 0.6 is 0 Å². The second-order valence-corrected chi connectivity index (χ2v) is 7.04. The molecule has 3 aromatic rings. The zero-order valence-electron chi connectivity index (χ0n) is 16.8. The number of hydrazone groups is 1. The van der Waals surface area contributed by atoms with E-state index in [1.165, 1.54) is 18.6 Å². The third-order valence-corrected chi connectivity index (χ3v) is 4.77. The van der Waals surface area contributed by atoms with E-state index < -0.39 is 4.92 Å². The molecule has 1 aromatic heterocycles. The average Bonchev–Trinajstić information content (AvgIpc) is 2.81. The Morgan fingerprint density at radius 3 is 2.35 bits per heavy atom. The number of benzene rings is 2. The zero-order valence-corrected chi connectivity index (χ0v) is 16.8. The van der Waals surface area contributed by atoms with Crippen molar-refractivity contribution in [3.63, 3.8) is 0 Å². The molecule has 0 spiro atoms. The molecule has 31 heavy (non-hydrogen) atoms. The fourth-order valence-electron chi connectivity index (χ4n) is 3.21. The van der Waals surface area contributed by atoms with Gasteiger partial charge in [-0.25, -0.2) is 5.43 Å². The molecule has 2 N–H and O–H groups in total. The number of piperidine rings is 1. The lowest BCUT2D eigenvalue weighted by molar-refractivity contribution is -0.384. The van der Waals surface area contributed by atoms with Gasteiger partial charge in [-0.2, -0.15) is 20.1 Å². The maximum atomic E-state index is 10.9. The number of nitro benzene ring substituents is 1. The molecule has 1 fully saturated rings. The molecule has 0 saturated carbocycles. The maximum absolute atomic E-state index is 10.9. The van der Waals surface area contributed by atoms with Gasteiger partial charge in [-0.15, -0.1) is 0 Å². The van der Waals surface area contributed by atoms with Gasteiger partial charge in [0.25, 0.3) is 5.69 Å². The first-order chi connectivity index (χ1) is 15.2. The van der Waals surface area contributed by atoms with Crippen molar-refractivity contribution >= 4 is 35.4 Å². The van der Waals surface area contributed by atoms with Gasteiger partial charge in [0.05, 0.1) is 11.1 Å². The number of aromatic nitrogens is 3. The average molecular weight is 418 g/mol. The van der Waals surface area contributed by atoms with Gasteiger partial charge in [-0.3, -0.25) is 10.1 Å². The normalized spacial score (nSPS) is 13.9. The Labute approximate surface area is 179 Å². The van der Waals surface area contributed by atoms with Crippen LogP contribution in [-0.4, -0.2) is 39.2 Å². The molecule has 0 bridgehead atoms. The minimum atomic E-state index is -0.437. The van der Waals surface area contributed by atoms with Crippen molar-refractivity contribution < 1.29 is 4.92 Å². The molecule has 4 rings (SSSR count). The van der Waals surface area contributed by atoms with Crippen molar-refractivity contribution in [1.82, 2.24) is 15.0 Å². The number of nitro groups is 1. The predicted octanol–water partition coefficient (Wildman–Crippen LogP) is 3.96. The van der Waals surface area contributed by atoms with Crippen molar-refractivity contribution in [1.29, 1.82) is 0 Å². The lowest BCUT2D eigenvalue weighted by atomic mass is 10.1. The summed E-state index contributed by atoms with van der Waals surface area (Å²) in [6, 6.07) is 15.8. The van der Waals surface area contributed by atoms with Crippen LogP contribution in [0, 0.1) is 10.1 Å². The minimum Gasteiger partial charge on any atom is -0.341 e. The minimum absolute atomic E-state index is 0.0211. The smallest absolute Gasteiger partial charge is 0.269 e. The Hall–Kier alpha value is -4.08. The highest BCUT2D eigenvalue weighted by atomic mass is 16.6. The fourth-order valence-corrected chi connectivity index (χ4v) is 3.21. The summed E-state index contributed by atoms with van der Waals surface area (Å²) < 4.78 is 0. The number of hydrogen-bond acceptors (Lipinski definition) is 9. The Balaban J connectivity index is 1.56. The van der Waals surface area contributed by atoms with E-state index in [2.05, 4.69) is 35.7 Å². The van der Waals surface area contributed by atoms with Crippen LogP contribution in [0.25, 0.3) is 0 Å². The van der Waals surface area contributed by atoms with Crippen LogP contribution < -0.4 is 15.6 Å². The number of non-ortho nitro benzene ring substituents is 1. The first kappa shape index (κ1) is 20.2. The zero-order chi connectivity index (χ0) is 21.5. The molecule has 1 aliphatic heterocycles. The van der Waals surface area contributed by atoms with Gasteiger partial charge in [0, 0.05) is 30.9 Å². The van der Waals surface area contributed by atoms with Gasteiger partial charge in [0.1, 0.15) is 0 Å². The molecule has 0 aliphatic carbocycles. The molecule has 0 atom stereocenters. The second-order valence-electron chi connectivity index (χ2n) is 7.04. The molecule has 2 heterocycles. The van der Waals surface area contributed by atoms with E-state index in [0.717, 1.165) is 31.5 Å². The van der Waals surface area contributed by atoms with Gasteiger partial charge >= 0.3 is 0 Å². The third kappa shape index (κ3) is 5.50. The second kappa shape index (κ2) is 9.61. The van der Waals surface area contributed by atoms with E-state index in [1.807, 2.05) is 30.3 Å². The number of hydrogen-bond donors (Lipinski definition) is 2. The highest BCUT2D eigenvalue weighted by molar-refractivity contribution is 5.79. The van der Waals surface area contributed by atoms with Crippen molar-refractivity contribution in [2.45, 2.75) is 19.3 Å². The quantitative estimate of drug-likeness (QED) is 0.336. The molecule has 10 nitrogen and oxygen atoms in total. The Morgan fingerprint density at radius 1 is 0.935 bits per heavy atom. The molecular formula is C21H22N8O2. The Bertz CT molecular complexity index is 1050. The highest BCUT2D eigenvalue weighted by Crippen LogP contribution is 2.22. The molecule has 0 unspecified atom stereocenters. The first-order valence-corrected chi connectivity index (χ1v) is 10.0. The molecule has 0 amide bonds. The van der Waals surface area contributed by atoms with Gasteiger partial charge in [0.15, 0.2) is 0 Å². The van der Waals surface area contributed by atoms with Crippen LogP contribution in [0.2, 0.25) is 0 Å². The summed E-state index contributed by atoms with van der Waals surface area (Å²) in [4.78, 5) is 26.0. The van der Waals surface area contributed by atoms with Gasteiger partial charge in [-0.1, -0.05) is 30.3 Å². The fraction of sp³-hybridized carbons (Fsp3) is 0.238. The molecular weight excluding hydrogens is 396 g/mol. The predicted molar refractivity (Wildman–Crippen MR) is 120 cm³/mol. The SMILES string of the molecule is O=[N+]([O-])c1ccc(Nc2nc(NN=Cc3ccccc3)nc(N3CCCCC3)n2)cc1. The number of nitrogens with one attached hydrogen (secondary N) is 2. The van der Waals surface area contributed by atoms with E-state index in [-0.39, 0.29) is 5.69 Å². The maximum Gasteiger partial charge on any atom is 0.269 e. The van der Waals surface area contributed by atoms with Crippen molar-refractivity contribution in [3.8, 4) is 0 Å². The van der Waals surface area contributed by atoms with Crippen LogP contribution in [0.15, 0.2) is 59.7 Å². The number of rotatable bonds is 7. The lowest BCUT2D eigenvalue weighted by Crippen LogP contribution is -2.31. The van der Waals surface area contributed by atoms with Crippen LogP contribution in [0.1, 0.15) is 24.8 Å². The highest BCUT2D eigenvalue weighted by Gasteiger charge is 2.16. The molecule has 0 radical (unpaired) electrons. The van der Waals surface area contributed by atoms with Crippen LogP contribution in [0.4, 0.5) is 29.2 Å². The summed E-state index contributed by atoms with van der Waals surface area (Å²) >= 11 is 0. The van der Waals surface area contributed by atoms with Crippen LogP contribution in [0.5, 0.6) is 0 Å². The van der Waals surface area contributed by atoms with E-state index >= 15 is 0 Å². The summed E-state index contributed by atoms with van der Waals surface area (Å²) in [5.41, 5.74) is 4.48. The molecule has 10 heteroatoms. The van der Waals surface area contributed by atoms with E-state index in [1.54, 1.807) is 18.3 Å². The van der Waals surface area contributed by atoms with Gasteiger partial charge in [0.2, 0.25) is 17.8 Å². The molecule has 1 aliphatic rings. The van der Waals surface area contributed by atoms with Crippen LogP contribution in [-0.2, 0) is 0 Å². The molecule has 2 aromatic carbocycles. The monoisotopic (exact) mass is 418 g/mol. The van der Waals surface area contributed by atoms with Crippen LogP contribution in [0.3, 0.4) is 0 Å². The lowest BCUT2D eigenvalue weighted by Gasteiger charge is -2.26. The third-order valence-electron chi connectivity index (χ3n) is 4.77. The van der Waals surface area contributed by atoms with E-state index in [9.17, 15) is 10.1 Å². The Morgan fingerprint density at radius 2 is 1.65 bits per heavy atom. The summed E-state index contributed by atoms with van der Waals surface area (Å²) in [5, 5.41) is 18.2. The van der Waals surface area contributed by atoms with E-state index in [0.29, 0.717) is 23.5 Å². The largest absolute Gasteiger partial charge is 0.341 e. The summed E-state index contributed by atoms with van der Waals surface area (Å²) in [7, 11) is 0. The summed E-state index contributed by atoms with van der Waals surface area (Å²) in [6.07, 6.45) is 5.06. The van der Waals surface area contributed by atoms with E-state index in [4.69, 9.17) is 0 Å². The standard InChI is InChI=1S/C21H22N8O2/c30-29(31)18-11-9-17(10-12-18)23-19-24-20(27-22-15-16-7-3-1-4-8-16)26-21(25-19)28-13-5-2-6-14-28/h1,3-4,7-12,15H,2,5-6,13-14H2,(H2,23,24,25,26,27).